The molecule has 0 unspecified atom stereocenters. The van der Waals surface area contributed by atoms with Crippen LogP contribution in [-0.4, -0.2) is 34.3 Å². The molecular weight excluding hydrogens is 334 g/mol. The summed E-state index contributed by atoms with van der Waals surface area (Å²) in [5.41, 5.74) is -0.649. The molecule has 2 bridgehead atoms. The van der Waals surface area contributed by atoms with Gasteiger partial charge in [-0.1, -0.05) is 0 Å². The van der Waals surface area contributed by atoms with Gasteiger partial charge in [0.25, 0.3) is 5.91 Å². The third-order valence-corrected chi connectivity index (χ3v) is 5.68. The first-order valence-electron chi connectivity index (χ1n) is 8.22. The van der Waals surface area contributed by atoms with Gasteiger partial charge in [0.1, 0.15) is 0 Å². The molecule has 0 spiro atoms. The van der Waals surface area contributed by atoms with Gasteiger partial charge in [0.2, 0.25) is 0 Å². The van der Waals surface area contributed by atoms with Crippen molar-refractivity contribution < 1.29 is 28.6 Å². The van der Waals surface area contributed by atoms with Crippen molar-refractivity contribution in [1.29, 1.82) is 0 Å². The Kier molecular flexibility index (Phi) is 4.30. The van der Waals surface area contributed by atoms with E-state index >= 15 is 0 Å². The number of aromatic hydroxyl groups is 1. The number of halogens is 2. The Hall–Kier alpha value is -2.38. The van der Waals surface area contributed by atoms with Crippen molar-refractivity contribution in [3.8, 4) is 5.75 Å². The van der Waals surface area contributed by atoms with E-state index in [9.17, 15) is 18.4 Å². The molecule has 4 N–H and O–H groups in total. The lowest BCUT2D eigenvalue weighted by molar-refractivity contribution is 0.0249. The molecule has 0 heterocycles. The fourth-order valence-electron chi connectivity index (χ4n) is 4.01. The van der Waals surface area contributed by atoms with Crippen LogP contribution in [0.4, 0.5) is 13.6 Å². The maximum Gasteiger partial charge on any atom is 0.405 e. The Balaban J connectivity index is 1.61. The average molecular weight is 354 g/mol. The molecule has 2 amide bonds. The molecule has 3 fully saturated rings. The van der Waals surface area contributed by atoms with E-state index in [4.69, 9.17) is 10.2 Å². The molecular formula is C17H20F2N2O4. The fraction of sp³-hybridized carbons (Fsp3) is 0.529. The SMILES string of the molecule is O=C(O)NC12CCC(CNC(=O)c3cc(F)c(O)c(F)c3)(CC1)CC2. The number of carboxylic acid groups (broad SMARTS) is 1. The van der Waals surface area contributed by atoms with Crippen molar-refractivity contribution in [2.45, 2.75) is 44.1 Å². The van der Waals surface area contributed by atoms with Crippen LogP contribution >= 0.6 is 0 Å². The second-order valence-corrected chi connectivity index (χ2v) is 7.18. The summed E-state index contributed by atoms with van der Waals surface area (Å²) in [6.45, 7) is 0.374. The summed E-state index contributed by atoms with van der Waals surface area (Å²) in [6, 6.07) is 1.60. The molecule has 8 heteroatoms. The summed E-state index contributed by atoms with van der Waals surface area (Å²) in [7, 11) is 0. The molecule has 25 heavy (non-hydrogen) atoms. The number of benzene rings is 1. The maximum atomic E-state index is 13.4. The van der Waals surface area contributed by atoms with Gasteiger partial charge in [-0.15, -0.1) is 0 Å². The zero-order valence-corrected chi connectivity index (χ0v) is 13.6. The highest BCUT2D eigenvalue weighted by molar-refractivity contribution is 5.94. The van der Waals surface area contributed by atoms with Gasteiger partial charge in [0, 0.05) is 17.6 Å². The van der Waals surface area contributed by atoms with Crippen LogP contribution < -0.4 is 10.6 Å². The van der Waals surface area contributed by atoms with Crippen molar-refractivity contribution in [1.82, 2.24) is 10.6 Å². The predicted octanol–water partition coefficient (Wildman–Crippen LogP) is 2.76. The topological polar surface area (TPSA) is 98.7 Å². The van der Waals surface area contributed by atoms with Crippen molar-refractivity contribution in [3.63, 3.8) is 0 Å². The van der Waals surface area contributed by atoms with Crippen LogP contribution in [0.5, 0.6) is 5.75 Å². The number of hydrogen-bond donors (Lipinski definition) is 4. The number of rotatable bonds is 4. The van der Waals surface area contributed by atoms with Crippen LogP contribution in [0.2, 0.25) is 0 Å². The maximum absolute atomic E-state index is 13.4. The number of amides is 2. The number of phenols is 1. The third kappa shape index (κ3) is 3.38. The van der Waals surface area contributed by atoms with E-state index in [-0.39, 0.29) is 16.5 Å². The highest BCUT2D eigenvalue weighted by atomic mass is 19.1. The summed E-state index contributed by atoms with van der Waals surface area (Å²) in [6.07, 6.45) is 3.50. The monoisotopic (exact) mass is 354 g/mol. The number of carbonyl (C=O) groups is 2. The minimum Gasteiger partial charge on any atom is -0.503 e. The van der Waals surface area contributed by atoms with Gasteiger partial charge in [0.05, 0.1) is 0 Å². The molecule has 0 atom stereocenters. The number of carbonyl (C=O) groups excluding carboxylic acids is 1. The summed E-state index contributed by atoms with van der Waals surface area (Å²) in [4.78, 5) is 23.1. The van der Waals surface area contributed by atoms with Gasteiger partial charge in [0.15, 0.2) is 17.4 Å². The molecule has 3 aliphatic carbocycles. The van der Waals surface area contributed by atoms with Crippen LogP contribution in [0.15, 0.2) is 12.1 Å². The molecule has 1 aromatic rings. The highest BCUT2D eigenvalue weighted by Gasteiger charge is 2.49. The van der Waals surface area contributed by atoms with Crippen LogP contribution in [0.25, 0.3) is 0 Å². The molecule has 4 rings (SSSR count). The quantitative estimate of drug-likeness (QED) is 0.668. The minimum atomic E-state index is -1.18. The lowest BCUT2D eigenvalue weighted by atomic mass is 9.57. The number of nitrogens with one attached hydrogen (secondary N) is 2. The van der Waals surface area contributed by atoms with Gasteiger partial charge < -0.3 is 20.8 Å². The Morgan fingerprint density at radius 1 is 1.04 bits per heavy atom. The van der Waals surface area contributed by atoms with E-state index in [2.05, 4.69) is 10.6 Å². The number of phenolic OH excluding ortho intramolecular Hbond substituents is 1. The first-order valence-corrected chi connectivity index (χ1v) is 8.22. The zero-order chi connectivity index (χ0) is 18.2. The van der Waals surface area contributed by atoms with Gasteiger partial charge in [-0.05, 0) is 56.1 Å². The lowest BCUT2D eigenvalue weighted by Gasteiger charge is -2.53. The van der Waals surface area contributed by atoms with Crippen LogP contribution in [0.3, 0.4) is 0 Å². The molecule has 1 aromatic carbocycles. The van der Waals surface area contributed by atoms with E-state index in [0.29, 0.717) is 6.54 Å². The minimum absolute atomic E-state index is 0.106. The summed E-state index contributed by atoms with van der Waals surface area (Å²) in [5, 5.41) is 23.4. The van der Waals surface area contributed by atoms with E-state index in [1.165, 1.54) is 0 Å². The molecule has 0 radical (unpaired) electrons. The molecule has 136 valence electrons. The fourth-order valence-corrected chi connectivity index (χ4v) is 4.01. The Labute approximate surface area is 143 Å². The van der Waals surface area contributed by atoms with Crippen molar-refractivity contribution in [2.75, 3.05) is 6.54 Å². The second kappa shape index (κ2) is 6.16. The van der Waals surface area contributed by atoms with Crippen LogP contribution in [0, 0.1) is 17.0 Å². The average Bonchev–Trinajstić information content (AvgIpc) is 2.58. The van der Waals surface area contributed by atoms with Crippen molar-refractivity contribution >= 4 is 12.0 Å². The Morgan fingerprint density at radius 3 is 2.04 bits per heavy atom. The summed E-state index contributed by atoms with van der Waals surface area (Å²) < 4.78 is 26.7. The number of hydrogen-bond acceptors (Lipinski definition) is 3. The normalized spacial score (nSPS) is 27.8. The molecule has 6 nitrogen and oxygen atoms in total. The van der Waals surface area contributed by atoms with Gasteiger partial charge in [-0.3, -0.25) is 4.79 Å². The van der Waals surface area contributed by atoms with E-state index in [0.717, 1.165) is 50.7 Å². The summed E-state index contributed by atoms with van der Waals surface area (Å²) >= 11 is 0. The standard InChI is InChI=1S/C17H20F2N2O4/c18-11-7-10(8-12(19)13(11)22)14(23)20-9-16-1-4-17(5-2-16,6-3-16)21-15(24)25/h7-8,21-22H,1-6,9H2,(H,20,23)(H,24,25). The number of fused-ring (bicyclic) bond motifs is 3. The largest absolute Gasteiger partial charge is 0.503 e. The molecule has 3 aliphatic rings. The van der Waals surface area contributed by atoms with E-state index in [1.54, 1.807) is 0 Å². The predicted molar refractivity (Wildman–Crippen MR) is 84.4 cm³/mol. The molecule has 0 aromatic heterocycles. The first kappa shape index (κ1) is 17.4. The third-order valence-electron chi connectivity index (χ3n) is 5.68. The Bertz CT molecular complexity index is 675. The van der Waals surface area contributed by atoms with Crippen molar-refractivity contribution in [3.05, 3.63) is 29.3 Å². The van der Waals surface area contributed by atoms with E-state index in [1.807, 2.05) is 0 Å². The zero-order valence-electron chi connectivity index (χ0n) is 13.6. The lowest BCUT2D eigenvalue weighted by Crippen LogP contribution is -2.58. The van der Waals surface area contributed by atoms with Gasteiger partial charge in [-0.2, -0.15) is 0 Å². The van der Waals surface area contributed by atoms with Gasteiger partial charge >= 0.3 is 6.09 Å². The molecule has 3 saturated carbocycles. The smallest absolute Gasteiger partial charge is 0.405 e. The molecule has 0 aliphatic heterocycles. The highest BCUT2D eigenvalue weighted by Crippen LogP contribution is 2.52. The van der Waals surface area contributed by atoms with Crippen LogP contribution in [0.1, 0.15) is 48.9 Å². The Morgan fingerprint density at radius 2 is 1.56 bits per heavy atom. The summed E-state index contributed by atoms with van der Waals surface area (Å²) in [5.74, 6) is -4.05. The molecule has 0 saturated heterocycles. The van der Waals surface area contributed by atoms with Crippen molar-refractivity contribution in [2.24, 2.45) is 5.41 Å². The van der Waals surface area contributed by atoms with Gasteiger partial charge in [-0.25, -0.2) is 13.6 Å². The van der Waals surface area contributed by atoms with E-state index < -0.39 is 29.4 Å². The first-order chi connectivity index (χ1) is 11.7. The van der Waals surface area contributed by atoms with Crippen LogP contribution in [-0.2, 0) is 0 Å². The second-order valence-electron chi connectivity index (χ2n) is 7.18.